The summed E-state index contributed by atoms with van der Waals surface area (Å²) in [5.41, 5.74) is 3.75. The molecule has 8 heteroatoms. The molecule has 0 aromatic heterocycles. The summed E-state index contributed by atoms with van der Waals surface area (Å²) in [6.07, 6.45) is 1.58. The molecule has 3 rings (SSSR count). The summed E-state index contributed by atoms with van der Waals surface area (Å²) in [7, 11) is 1.65. The summed E-state index contributed by atoms with van der Waals surface area (Å²) >= 11 is 0. The highest BCUT2D eigenvalue weighted by Crippen LogP contribution is 2.22. The average molecular weight is 430 g/mol. The quantitative estimate of drug-likeness (QED) is 0.496. The summed E-state index contributed by atoms with van der Waals surface area (Å²) in [6.45, 7) is 1.35. The molecule has 0 bridgehead atoms. The number of nitrogens with one attached hydrogen (secondary N) is 2. The zero-order valence-corrected chi connectivity index (χ0v) is 17.8. The van der Waals surface area contributed by atoms with Gasteiger partial charge in [0.25, 0.3) is 0 Å². The number of likely N-dealkylation sites (tertiary alicyclic amines) is 1. The molecule has 0 spiro atoms. The van der Waals surface area contributed by atoms with Crippen molar-refractivity contribution in [3.8, 4) is 5.75 Å². The number of ether oxygens (including phenoxy) is 1. The monoisotopic (exact) mass is 430 g/mol. The Balaban J connectivity index is 1.52. The maximum atomic E-state index is 12.6. The van der Waals surface area contributed by atoms with E-state index in [-0.39, 0.29) is 11.7 Å². The van der Waals surface area contributed by atoms with E-state index < -0.39 is 6.61 Å². The molecule has 2 aromatic carbocycles. The van der Waals surface area contributed by atoms with Crippen LogP contribution in [0.15, 0.2) is 47.5 Å². The lowest BCUT2D eigenvalue weighted by Crippen LogP contribution is -2.36. The summed E-state index contributed by atoms with van der Waals surface area (Å²) in [4.78, 5) is 17.8. The first-order valence-corrected chi connectivity index (χ1v) is 10.3. The third-order valence-corrected chi connectivity index (χ3v) is 5.13. The molecule has 1 heterocycles. The molecule has 1 aliphatic heterocycles. The number of benzene rings is 2. The van der Waals surface area contributed by atoms with Crippen molar-refractivity contribution in [1.82, 2.24) is 15.5 Å². The molecule has 6 nitrogen and oxygen atoms in total. The van der Waals surface area contributed by atoms with E-state index in [9.17, 15) is 13.6 Å². The van der Waals surface area contributed by atoms with E-state index in [1.54, 1.807) is 19.2 Å². The molecule has 2 N–H and O–H groups in total. The van der Waals surface area contributed by atoms with Gasteiger partial charge >= 0.3 is 6.61 Å². The second-order valence-corrected chi connectivity index (χ2v) is 7.50. The Morgan fingerprint density at radius 1 is 1.13 bits per heavy atom. The van der Waals surface area contributed by atoms with Crippen molar-refractivity contribution in [1.29, 1.82) is 0 Å². The standard InChI is InChI=1S/C23H28F2N4O2/c1-16-5-10-20(31-22(24)25)19(12-16)14-28-23(26-2)27-13-17-6-8-18(9-7-17)15-29-11-3-4-21(29)30/h5-10,12,22H,3-4,11,13-15H2,1-2H3,(H2,26,27,28). The van der Waals surface area contributed by atoms with E-state index in [1.165, 1.54) is 0 Å². The van der Waals surface area contributed by atoms with E-state index in [2.05, 4.69) is 20.4 Å². The van der Waals surface area contributed by atoms with Gasteiger partial charge in [0.1, 0.15) is 5.75 Å². The van der Waals surface area contributed by atoms with Crippen LogP contribution in [-0.2, 0) is 24.4 Å². The van der Waals surface area contributed by atoms with Crippen molar-refractivity contribution in [2.75, 3.05) is 13.6 Å². The molecular formula is C23H28F2N4O2. The van der Waals surface area contributed by atoms with Crippen molar-refractivity contribution in [3.05, 3.63) is 64.7 Å². The molecule has 1 amide bonds. The Kier molecular flexibility index (Phi) is 7.81. The van der Waals surface area contributed by atoms with Gasteiger partial charge in [-0.05, 0) is 30.5 Å². The summed E-state index contributed by atoms with van der Waals surface area (Å²) < 4.78 is 29.9. The van der Waals surface area contributed by atoms with Crippen LogP contribution in [0, 0.1) is 6.92 Å². The summed E-state index contributed by atoms with van der Waals surface area (Å²) in [6, 6.07) is 13.2. The van der Waals surface area contributed by atoms with Crippen molar-refractivity contribution in [2.45, 2.75) is 46.0 Å². The van der Waals surface area contributed by atoms with Crippen molar-refractivity contribution in [3.63, 3.8) is 0 Å². The molecule has 0 aliphatic carbocycles. The van der Waals surface area contributed by atoms with Crippen LogP contribution in [0.1, 0.15) is 35.1 Å². The Hall–Kier alpha value is -3.16. The summed E-state index contributed by atoms with van der Waals surface area (Å²) in [5, 5.41) is 6.35. The first kappa shape index (κ1) is 22.5. The average Bonchev–Trinajstić information content (AvgIpc) is 3.15. The minimum Gasteiger partial charge on any atom is -0.434 e. The lowest BCUT2D eigenvalue weighted by molar-refractivity contribution is -0.128. The third-order valence-electron chi connectivity index (χ3n) is 5.13. The predicted octanol–water partition coefficient (Wildman–Crippen LogP) is 3.58. The Labute approximate surface area is 181 Å². The normalized spacial score (nSPS) is 14.3. The number of halogens is 2. The number of amides is 1. The molecule has 166 valence electrons. The van der Waals surface area contributed by atoms with Crippen LogP contribution < -0.4 is 15.4 Å². The molecule has 1 saturated heterocycles. The maximum absolute atomic E-state index is 12.6. The van der Waals surface area contributed by atoms with Crippen LogP contribution in [0.5, 0.6) is 5.75 Å². The molecule has 0 radical (unpaired) electrons. The van der Waals surface area contributed by atoms with Gasteiger partial charge in [-0.25, -0.2) is 0 Å². The van der Waals surface area contributed by atoms with Crippen molar-refractivity contribution < 1.29 is 18.3 Å². The number of aliphatic imine (C=N–C) groups is 1. The predicted molar refractivity (Wildman–Crippen MR) is 116 cm³/mol. The highest BCUT2D eigenvalue weighted by atomic mass is 19.3. The molecular weight excluding hydrogens is 402 g/mol. The van der Waals surface area contributed by atoms with E-state index >= 15 is 0 Å². The first-order valence-electron chi connectivity index (χ1n) is 10.3. The molecule has 2 aromatic rings. The van der Waals surface area contributed by atoms with Gasteiger partial charge in [-0.3, -0.25) is 9.79 Å². The number of rotatable bonds is 8. The smallest absolute Gasteiger partial charge is 0.387 e. The summed E-state index contributed by atoms with van der Waals surface area (Å²) in [5.74, 6) is 0.920. The van der Waals surface area contributed by atoms with E-state index in [0.717, 1.165) is 29.7 Å². The number of hydrogen-bond donors (Lipinski definition) is 2. The van der Waals surface area contributed by atoms with Gasteiger partial charge in [-0.1, -0.05) is 42.0 Å². The second kappa shape index (κ2) is 10.7. The molecule has 31 heavy (non-hydrogen) atoms. The molecule has 1 fully saturated rings. The molecule has 0 atom stereocenters. The zero-order chi connectivity index (χ0) is 22.2. The van der Waals surface area contributed by atoms with Gasteiger partial charge in [0.05, 0.1) is 0 Å². The van der Waals surface area contributed by atoms with Crippen LogP contribution in [0.25, 0.3) is 0 Å². The van der Waals surface area contributed by atoms with E-state index in [0.29, 0.717) is 37.6 Å². The molecule has 0 saturated carbocycles. The van der Waals surface area contributed by atoms with Crippen molar-refractivity contribution in [2.24, 2.45) is 4.99 Å². The Morgan fingerprint density at radius 3 is 2.48 bits per heavy atom. The lowest BCUT2D eigenvalue weighted by atomic mass is 10.1. The number of carbonyl (C=O) groups excluding carboxylic acids is 1. The fraction of sp³-hybridized carbons (Fsp3) is 0.391. The van der Waals surface area contributed by atoms with Crippen LogP contribution >= 0.6 is 0 Å². The van der Waals surface area contributed by atoms with Gasteiger partial charge in [0.15, 0.2) is 5.96 Å². The highest BCUT2D eigenvalue weighted by molar-refractivity contribution is 5.79. The minimum atomic E-state index is -2.87. The SMILES string of the molecule is CN=C(NCc1ccc(CN2CCCC2=O)cc1)NCc1cc(C)ccc1OC(F)F. The van der Waals surface area contributed by atoms with Gasteiger partial charge in [-0.15, -0.1) is 0 Å². The van der Waals surface area contributed by atoms with Crippen LogP contribution in [0.2, 0.25) is 0 Å². The number of carbonyl (C=O) groups is 1. The zero-order valence-electron chi connectivity index (χ0n) is 17.8. The van der Waals surface area contributed by atoms with Crippen LogP contribution in [0.4, 0.5) is 8.78 Å². The Morgan fingerprint density at radius 2 is 1.84 bits per heavy atom. The van der Waals surface area contributed by atoms with E-state index in [4.69, 9.17) is 0 Å². The second-order valence-electron chi connectivity index (χ2n) is 7.50. The van der Waals surface area contributed by atoms with Gasteiger partial charge in [0, 0.05) is 45.2 Å². The lowest BCUT2D eigenvalue weighted by Gasteiger charge is -2.16. The number of aryl methyl sites for hydroxylation is 1. The van der Waals surface area contributed by atoms with Crippen molar-refractivity contribution >= 4 is 11.9 Å². The topological polar surface area (TPSA) is 66.0 Å². The van der Waals surface area contributed by atoms with E-state index in [1.807, 2.05) is 42.2 Å². The van der Waals surface area contributed by atoms with Gasteiger partial charge < -0.3 is 20.3 Å². The minimum absolute atomic E-state index is 0.149. The number of alkyl halides is 2. The fourth-order valence-corrected chi connectivity index (χ4v) is 3.50. The highest BCUT2D eigenvalue weighted by Gasteiger charge is 2.19. The number of hydrogen-bond acceptors (Lipinski definition) is 3. The maximum Gasteiger partial charge on any atom is 0.387 e. The van der Waals surface area contributed by atoms with Crippen LogP contribution in [-0.4, -0.2) is 37.0 Å². The number of guanidine groups is 1. The largest absolute Gasteiger partial charge is 0.434 e. The molecule has 0 unspecified atom stereocenters. The van der Waals surface area contributed by atoms with Gasteiger partial charge in [0.2, 0.25) is 5.91 Å². The first-order chi connectivity index (χ1) is 14.9. The van der Waals surface area contributed by atoms with Gasteiger partial charge in [-0.2, -0.15) is 8.78 Å². The third kappa shape index (κ3) is 6.67. The Bertz CT molecular complexity index is 916. The molecule has 1 aliphatic rings. The number of nitrogens with zero attached hydrogens (tertiary/aromatic N) is 2. The van der Waals surface area contributed by atoms with Crippen LogP contribution in [0.3, 0.4) is 0 Å². The fourth-order valence-electron chi connectivity index (χ4n) is 3.50.